The van der Waals surface area contributed by atoms with Gasteiger partial charge in [-0.05, 0) is 48.2 Å². The molecule has 3 aromatic rings. The number of carbonyl (C=O) groups is 2. The minimum absolute atomic E-state index is 0.106. The van der Waals surface area contributed by atoms with Crippen LogP contribution in [0.2, 0.25) is 0 Å². The molecule has 182 valence electrons. The molecular weight excluding hydrogens is 504 g/mol. The van der Waals surface area contributed by atoms with E-state index < -0.39 is 6.04 Å². The number of rotatable bonds is 10. The molecule has 0 aromatic heterocycles. The van der Waals surface area contributed by atoms with Crippen LogP contribution in [0.4, 0.5) is 0 Å². The number of nitrogens with zero attached hydrogens (tertiary/aromatic N) is 1. The average Bonchev–Trinajstić information content (AvgIpc) is 3.40. The van der Waals surface area contributed by atoms with Gasteiger partial charge in [0, 0.05) is 23.5 Å². The van der Waals surface area contributed by atoms with Crippen molar-refractivity contribution < 1.29 is 14.3 Å². The fraction of sp³-hybridized carbons (Fsp3) is 0.310. The summed E-state index contributed by atoms with van der Waals surface area (Å²) in [5, 5.41) is 3.22. The second-order valence-electron chi connectivity index (χ2n) is 8.95. The van der Waals surface area contributed by atoms with Gasteiger partial charge < -0.3 is 15.0 Å². The SMILES string of the molecule is O=C(NC1CCCC1)[C@@H](Cc1ccccc1)N(Cc1ccc(Br)cc1)C(=O)COc1ccccc1. The molecular formula is C29H31BrN2O3. The van der Waals surface area contributed by atoms with Gasteiger partial charge in [0.1, 0.15) is 11.8 Å². The number of amides is 2. The van der Waals surface area contributed by atoms with E-state index in [2.05, 4.69) is 21.2 Å². The maximum Gasteiger partial charge on any atom is 0.261 e. The van der Waals surface area contributed by atoms with Gasteiger partial charge in [-0.3, -0.25) is 9.59 Å². The quantitative estimate of drug-likeness (QED) is 0.372. The smallest absolute Gasteiger partial charge is 0.261 e. The molecule has 0 radical (unpaired) electrons. The summed E-state index contributed by atoms with van der Waals surface area (Å²) < 4.78 is 6.75. The zero-order chi connectivity index (χ0) is 24.5. The van der Waals surface area contributed by atoms with Crippen LogP contribution >= 0.6 is 15.9 Å². The van der Waals surface area contributed by atoms with Gasteiger partial charge in [0.2, 0.25) is 5.91 Å². The third-order valence-electron chi connectivity index (χ3n) is 6.34. The second-order valence-corrected chi connectivity index (χ2v) is 9.86. The molecule has 2 amide bonds. The average molecular weight is 535 g/mol. The molecule has 1 fully saturated rings. The van der Waals surface area contributed by atoms with Crippen molar-refractivity contribution in [2.45, 2.75) is 50.7 Å². The lowest BCUT2D eigenvalue weighted by molar-refractivity contribution is -0.143. The first-order valence-electron chi connectivity index (χ1n) is 12.1. The predicted molar refractivity (Wildman–Crippen MR) is 141 cm³/mol. The highest BCUT2D eigenvalue weighted by molar-refractivity contribution is 9.10. The molecule has 6 heteroatoms. The van der Waals surface area contributed by atoms with Crippen LogP contribution in [-0.4, -0.2) is 35.4 Å². The lowest BCUT2D eigenvalue weighted by Gasteiger charge is -2.32. The minimum atomic E-state index is -0.645. The Kier molecular flexibility index (Phi) is 8.96. The van der Waals surface area contributed by atoms with Crippen LogP contribution in [0.5, 0.6) is 5.75 Å². The Bertz CT molecular complexity index is 1080. The molecule has 0 aliphatic heterocycles. The first kappa shape index (κ1) is 25.0. The number of para-hydroxylation sites is 1. The largest absolute Gasteiger partial charge is 0.484 e. The summed E-state index contributed by atoms with van der Waals surface area (Å²) in [7, 11) is 0. The highest BCUT2D eigenvalue weighted by Crippen LogP contribution is 2.21. The predicted octanol–water partition coefficient (Wildman–Crippen LogP) is 5.53. The van der Waals surface area contributed by atoms with Gasteiger partial charge in [-0.1, -0.05) is 89.4 Å². The summed E-state index contributed by atoms with van der Waals surface area (Å²) in [6.07, 6.45) is 4.66. The van der Waals surface area contributed by atoms with Gasteiger partial charge in [-0.2, -0.15) is 0 Å². The number of hydrogen-bond acceptors (Lipinski definition) is 3. The number of ether oxygens (including phenoxy) is 1. The standard InChI is InChI=1S/C29H31BrN2O3/c30-24-17-15-23(16-18-24)20-32(28(33)21-35-26-13-5-2-6-14-26)27(19-22-9-3-1-4-10-22)29(34)31-25-11-7-8-12-25/h1-6,9-10,13-18,25,27H,7-8,11-12,19-21H2,(H,31,34)/t27-/m1/s1. The molecule has 1 saturated carbocycles. The molecule has 0 spiro atoms. The number of hydrogen-bond donors (Lipinski definition) is 1. The van der Waals surface area contributed by atoms with Gasteiger partial charge >= 0.3 is 0 Å². The number of carbonyl (C=O) groups excluding carboxylic acids is 2. The van der Waals surface area contributed by atoms with Crippen molar-refractivity contribution in [3.8, 4) is 5.75 Å². The van der Waals surface area contributed by atoms with E-state index in [-0.39, 0.29) is 24.5 Å². The molecule has 1 aliphatic carbocycles. The van der Waals surface area contributed by atoms with E-state index in [1.807, 2.05) is 84.9 Å². The van der Waals surface area contributed by atoms with Crippen molar-refractivity contribution in [3.63, 3.8) is 0 Å². The third kappa shape index (κ3) is 7.43. The van der Waals surface area contributed by atoms with Crippen LogP contribution in [0, 0.1) is 0 Å². The highest BCUT2D eigenvalue weighted by atomic mass is 79.9. The van der Waals surface area contributed by atoms with E-state index >= 15 is 0 Å². The summed E-state index contributed by atoms with van der Waals surface area (Å²) in [6, 6.07) is 26.5. The van der Waals surface area contributed by atoms with E-state index in [1.54, 1.807) is 4.90 Å². The Hall–Kier alpha value is -3.12. The van der Waals surface area contributed by atoms with Crippen LogP contribution in [0.1, 0.15) is 36.8 Å². The van der Waals surface area contributed by atoms with Gasteiger partial charge in [-0.25, -0.2) is 0 Å². The molecule has 3 aromatic carbocycles. The van der Waals surface area contributed by atoms with E-state index in [9.17, 15) is 9.59 Å². The fourth-order valence-corrected chi connectivity index (χ4v) is 4.72. The van der Waals surface area contributed by atoms with Gasteiger partial charge in [0.05, 0.1) is 0 Å². The number of nitrogens with one attached hydrogen (secondary N) is 1. The number of halogens is 1. The Labute approximate surface area is 215 Å². The van der Waals surface area contributed by atoms with Crippen LogP contribution in [0.3, 0.4) is 0 Å². The Morgan fingerprint density at radius 3 is 2.17 bits per heavy atom. The van der Waals surface area contributed by atoms with E-state index in [1.165, 1.54) is 0 Å². The van der Waals surface area contributed by atoms with Crippen molar-refractivity contribution in [1.82, 2.24) is 10.2 Å². The maximum absolute atomic E-state index is 13.6. The molecule has 0 saturated heterocycles. The molecule has 1 N–H and O–H groups in total. The van der Waals surface area contributed by atoms with Crippen LogP contribution in [0.15, 0.2) is 89.4 Å². The first-order chi connectivity index (χ1) is 17.1. The maximum atomic E-state index is 13.6. The van der Waals surface area contributed by atoms with Gasteiger partial charge in [0.25, 0.3) is 5.91 Å². The third-order valence-corrected chi connectivity index (χ3v) is 6.87. The van der Waals surface area contributed by atoms with Crippen LogP contribution < -0.4 is 10.1 Å². The lowest BCUT2D eigenvalue weighted by Crippen LogP contribution is -2.53. The summed E-state index contributed by atoms with van der Waals surface area (Å²) in [6.45, 7) is 0.183. The highest BCUT2D eigenvalue weighted by Gasteiger charge is 2.32. The van der Waals surface area contributed by atoms with Crippen LogP contribution in [-0.2, 0) is 22.6 Å². The zero-order valence-electron chi connectivity index (χ0n) is 19.7. The summed E-state index contributed by atoms with van der Waals surface area (Å²) in [5.41, 5.74) is 1.96. The van der Waals surface area contributed by atoms with Crippen molar-refractivity contribution in [2.75, 3.05) is 6.61 Å². The summed E-state index contributed by atoms with van der Waals surface area (Å²) >= 11 is 3.47. The monoisotopic (exact) mass is 534 g/mol. The molecule has 5 nitrogen and oxygen atoms in total. The number of benzene rings is 3. The molecule has 1 aliphatic rings. The molecule has 0 unspecified atom stereocenters. The topological polar surface area (TPSA) is 58.6 Å². The van der Waals surface area contributed by atoms with Crippen LogP contribution in [0.25, 0.3) is 0 Å². The Balaban J connectivity index is 1.60. The van der Waals surface area contributed by atoms with Crippen molar-refractivity contribution >= 4 is 27.7 Å². The van der Waals surface area contributed by atoms with Crippen molar-refractivity contribution in [1.29, 1.82) is 0 Å². The van der Waals surface area contributed by atoms with E-state index in [0.717, 1.165) is 41.3 Å². The molecule has 0 bridgehead atoms. The van der Waals surface area contributed by atoms with Crippen molar-refractivity contribution in [2.24, 2.45) is 0 Å². The van der Waals surface area contributed by atoms with Crippen molar-refractivity contribution in [3.05, 3.63) is 101 Å². The molecule has 0 heterocycles. The normalized spacial score (nSPS) is 14.3. The van der Waals surface area contributed by atoms with Gasteiger partial charge in [-0.15, -0.1) is 0 Å². The Morgan fingerprint density at radius 2 is 1.51 bits per heavy atom. The van der Waals surface area contributed by atoms with E-state index in [0.29, 0.717) is 18.7 Å². The summed E-state index contributed by atoms with van der Waals surface area (Å²) in [5.74, 6) is 0.296. The zero-order valence-corrected chi connectivity index (χ0v) is 21.3. The fourth-order valence-electron chi connectivity index (χ4n) is 4.45. The molecule has 4 rings (SSSR count). The van der Waals surface area contributed by atoms with Gasteiger partial charge in [0.15, 0.2) is 6.61 Å². The Morgan fingerprint density at radius 1 is 0.886 bits per heavy atom. The second kappa shape index (κ2) is 12.5. The molecule has 1 atom stereocenters. The molecule has 35 heavy (non-hydrogen) atoms. The van der Waals surface area contributed by atoms with E-state index in [4.69, 9.17) is 4.74 Å². The minimum Gasteiger partial charge on any atom is -0.484 e. The first-order valence-corrected chi connectivity index (χ1v) is 12.9. The summed E-state index contributed by atoms with van der Waals surface area (Å²) in [4.78, 5) is 28.9. The lowest BCUT2D eigenvalue weighted by atomic mass is 10.0.